The van der Waals surface area contributed by atoms with Crippen LogP contribution >= 0.6 is 0 Å². The number of halogens is 1. The first-order valence-corrected chi connectivity index (χ1v) is 7.85. The van der Waals surface area contributed by atoms with E-state index in [-0.39, 0.29) is 12.3 Å². The molecule has 0 fully saturated rings. The number of carbonyl (C=O) groups excluding carboxylic acids is 3. The summed E-state index contributed by atoms with van der Waals surface area (Å²) < 4.78 is 23.4. The van der Waals surface area contributed by atoms with E-state index in [2.05, 4.69) is 5.32 Å². The SMILES string of the molecule is CC(=O)c1cccc(OCC(=O)OCC(=O)NCc2ccccc2F)c1. The van der Waals surface area contributed by atoms with Gasteiger partial charge in [0.1, 0.15) is 11.6 Å². The van der Waals surface area contributed by atoms with Gasteiger partial charge in [0.25, 0.3) is 5.91 Å². The summed E-state index contributed by atoms with van der Waals surface area (Å²) in [6.07, 6.45) is 0. The fourth-order valence-corrected chi connectivity index (χ4v) is 2.02. The van der Waals surface area contributed by atoms with Gasteiger partial charge in [-0.3, -0.25) is 9.59 Å². The highest BCUT2D eigenvalue weighted by Crippen LogP contribution is 2.13. The number of ketones is 1. The predicted molar refractivity (Wildman–Crippen MR) is 91.1 cm³/mol. The Kier molecular flexibility index (Phi) is 6.84. The molecule has 0 heterocycles. The molecule has 1 N–H and O–H groups in total. The average molecular weight is 359 g/mol. The first-order valence-electron chi connectivity index (χ1n) is 7.85. The zero-order valence-electron chi connectivity index (χ0n) is 14.2. The number of amides is 1. The van der Waals surface area contributed by atoms with Crippen molar-refractivity contribution in [2.24, 2.45) is 0 Å². The van der Waals surface area contributed by atoms with Crippen molar-refractivity contribution in [3.63, 3.8) is 0 Å². The minimum atomic E-state index is -0.737. The van der Waals surface area contributed by atoms with E-state index >= 15 is 0 Å². The summed E-state index contributed by atoms with van der Waals surface area (Å²) in [5.41, 5.74) is 0.796. The molecule has 0 spiro atoms. The molecule has 6 nitrogen and oxygen atoms in total. The molecule has 136 valence electrons. The van der Waals surface area contributed by atoms with Crippen molar-refractivity contribution in [1.82, 2.24) is 5.32 Å². The Bertz CT molecular complexity index is 806. The molecule has 0 saturated carbocycles. The Morgan fingerprint density at radius 1 is 1.04 bits per heavy atom. The van der Waals surface area contributed by atoms with Gasteiger partial charge in [-0.15, -0.1) is 0 Å². The topological polar surface area (TPSA) is 81.7 Å². The maximum Gasteiger partial charge on any atom is 0.344 e. The quantitative estimate of drug-likeness (QED) is 0.578. The number of rotatable bonds is 8. The van der Waals surface area contributed by atoms with E-state index in [4.69, 9.17) is 9.47 Å². The van der Waals surface area contributed by atoms with Crippen LogP contribution in [0.5, 0.6) is 5.75 Å². The van der Waals surface area contributed by atoms with E-state index in [0.717, 1.165) is 0 Å². The zero-order chi connectivity index (χ0) is 18.9. The van der Waals surface area contributed by atoms with Crippen LogP contribution in [0.2, 0.25) is 0 Å². The second-order valence-electron chi connectivity index (χ2n) is 5.40. The van der Waals surface area contributed by atoms with Crippen LogP contribution in [0.15, 0.2) is 48.5 Å². The Balaban J connectivity index is 1.71. The third-order valence-corrected chi connectivity index (χ3v) is 3.40. The van der Waals surface area contributed by atoms with Crippen LogP contribution in [-0.4, -0.2) is 30.9 Å². The number of carbonyl (C=O) groups is 3. The fourth-order valence-electron chi connectivity index (χ4n) is 2.02. The minimum Gasteiger partial charge on any atom is -0.482 e. The molecule has 2 aromatic carbocycles. The van der Waals surface area contributed by atoms with Crippen molar-refractivity contribution in [2.45, 2.75) is 13.5 Å². The van der Waals surface area contributed by atoms with Crippen LogP contribution in [0, 0.1) is 5.82 Å². The summed E-state index contributed by atoms with van der Waals surface area (Å²) in [6, 6.07) is 12.4. The normalized spacial score (nSPS) is 10.1. The molecule has 7 heteroatoms. The molecule has 0 unspecified atom stereocenters. The van der Waals surface area contributed by atoms with Gasteiger partial charge >= 0.3 is 5.97 Å². The Morgan fingerprint density at radius 3 is 2.54 bits per heavy atom. The molecule has 0 saturated heterocycles. The molecule has 2 rings (SSSR count). The predicted octanol–water partition coefficient (Wildman–Crippen LogP) is 2.27. The van der Waals surface area contributed by atoms with Crippen molar-refractivity contribution in [2.75, 3.05) is 13.2 Å². The lowest BCUT2D eigenvalue weighted by molar-refractivity contribution is -0.150. The monoisotopic (exact) mass is 359 g/mol. The lowest BCUT2D eigenvalue weighted by atomic mass is 10.1. The van der Waals surface area contributed by atoms with Crippen LogP contribution < -0.4 is 10.1 Å². The molecule has 26 heavy (non-hydrogen) atoms. The van der Waals surface area contributed by atoms with Crippen LogP contribution in [-0.2, 0) is 20.9 Å². The summed E-state index contributed by atoms with van der Waals surface area (Å²) >= 11 is 0. The standard InChI is InChI=1S/C19H18FNO5/c1-13(22)14-6-4-7-16(9-14)25-12-19(24)26-11-18(23)21-10-15-5-2-3-8-17(15)20/h2-9H,10-12H2,1H3,(H,21,23). The van der Waals surface area contributed by atoms with Crippen molar-refractivity contribution in [3.05, 3.63) is 65.5 Å². The van der Waals surface area contributed by atoms with Crippen LogP contribution in [0.4, 0.5) is 4.39 Å². The van der Waals surface area contributed by atoms with Crippen molar-refractivity contribution in [3.8, 4) is 5.75 Å². The molecular formula is C19H18FNO5. The number of hydrogen-bond acceptors (Lipinski definition) is 5. The van der Waals surface area contributed by atoms with Gasteiger partial charge in [0.15, 0.2) is 19.0 Å². The van der Waals surface area contributed by atoms with Crippen molar-refractivity contribution >= 4 is 17.7 Å². The summed E-state index contributed by atoms with van der Waals surface area (Å²) in [5.74, 6) is -1.49. The number of benzene rings is 2. The average Bonchev–Trinajstić information content (AvgIpc) is 2.64. The maximum absolute atomic E-state index is 13.4. The molecule has 1 amide bonds. The maximum atomic E-state index is 13.4. The first-order chi connectivity index (χ1) is 12.5. The second-order valence-corrected chi connectivity index (χ2v) is 5.40. The number of nitrogens with one attached hydrogen (secondary N) is 1. The van der Waals surface area contributed by atoms with Crippen LogP contribution in [0.25, 0.3) is 0 Å². The molecule has 0 aliphatic carbocycles. The number of esters is 1. The fraction of sp³-hybridized carbons (Fsp3) is 0.211. The van der Waals surface area contributed by atoms with E-state index < -0.39 is 30.9 Å². The smallest absolute Gasteiger partial charge is 0.344 e. The van der Waals surface area contributed by atoms with Gasteiger partial charge in [0, 0.05) is 17.7 Å². The van der Waals surface area contributed by atoms with Crippen LogP contribution in [0.1, 0.15) is 22.8 Å². The highest BCUT2D eigenvalue weighted by atomic mass is 19.1. The largest absolute Gasteiger partial charge is 0.482 e. The third-order valence-electron chi connectivity index (χ3n) is 3.40. The van der Waals surface area contributed by atoms with E-state index in [1.807, 2.05) is 0 Å². The Labute approximate surface area is 149 Å². The van der Waals surface area contributed by atoms with Gasteiger partial charge in [0.2, 0.25) is 0 Å². The number of ether oxygens (including phenoxy) is 2. The van der Waals surface area contributed by atoms with Gasteiger partial charge in [-0.25, -0.2) is 9.18 Å². The Morgan fingerprint density at radius 2 is 1.81 bits per heavy atom. The van der Waals surface area contributed by atoms with Crippen molar-refractivity contribution < 1.29 is 28.2 Å². The Hall–Kier alpha value is -3.22. The van der Waals surface area contributed by atoms with Gasteiger partial charge in [-0.1, -0.05) is 30.3 Å². The molecule has 0 radical (unpaired) electrons. The van der Waals surface area contributed by atoms with E-state index in [0.29, 0.717) is 16.9 Å². The van der Waals surface area contributed by atoms with Crippen molar-refractivity contribution in [1.29, 1.82) is 0 Å². The van der Waals surface area contributed by atoms with E-state index in [1.54, 1.807) is 36.4 Å². The molecule has 0 aliphatic rings. The molecule has 0 atom stereocenters. The molecular weight excluding hydrogens is 341 g/mol. The van der Waals surface area contributed by atoms with Crippen LogP contribution in [0.3, 0.4) is 0 Å². The summed E-state index contributed by atoms with van der Waals surface area (Å²) in [5, 5.41) is 2.45. The molecule has 0 aliphatic heterocycles. The number of hydrogen-bond donors (Lipinski definition) is 1. The summed E-state index contributed by atoms with van der Waals surface area (Å²) in [4.78, 5) is 34.5. The highest BCUT2D eigenvalue weighted by Gasteiger charge is 2.10. The van der Waals surface area contributed by atoms with E-state index in [1.165, 1.54) is 19.1 Å². The minimum absolute atomic E-state index is 0.00258. The van der Waals surface area contributed by atoms with Gasteiger partial charge in [-0.2, -0.15) is 0 Å². The third kappa shape index (κ3) is 6.01. The molecule has 0 bridgehead atoms. The molecule has 0 aromatic heterocycles. The summed E-state index contributed by atoms with van der Waals surface area (Å²) in [7, 11) is 0. The lowest BCUT2D eigenvalue weighted by Crippen LogP contribution is -2.29. The molecule has 2 aromatic rings. The first kappa shape index (κ1) is 19.1. The van der Waals surface area contributed by atoms with Gasteiger partial charge in [-0.05, 0) is 25.1 Å². The lowest BCUT2D eigenvalue weighted by Gasteiger charge is -2.09. The highest BCUT2D eigenvalue weighted by molar-refractivity contribution is 5.94. The van der Waals surface area contributed by atoms with E-state index in [9.17, 15) is 18.8 Å². The van der Waals surface area contributed by atoms with Gasteiger partial charge in [0.05, 0.1) is 0 Å². The van der Waals surface area contributed by atoms with Gasteiger partial charge < -0.3 is 14.8 Å². The second kappa shape index (κ2) is 9.31. The summed E-state index contributed by atoms with van der Waals surface area (Å²) in [6.45, 7) is 0.525. The zero-order valence-corrected chi connectivity index (χ0v) is 14.2. The number of Topliss-reactive ketones (excluding diaryl/α,β-unsaturated/α-hetero) is 1.